The molecule has 0 spiro atoms. The van der Waals surface area contributed by atoms with Crippen molar-refractivity contribution in [1.29, 1.82) is 0 Å². The second-order valence-electron chi connectivity index (χ2n) is 5.79. The highest BCUT2D eigenvalue weighted by molar-refractivity contribution is 6.22. The topological polar surface area (TPSA) is 3.24 Å². The van der Waals surface area contributed by atoms with Crippen molar-refractivity contribution in [2.75, 3.05) is 6.54 Å². The third kappa shape index (κ3) is 1.32. The van der Waals surface area contributed by atoms with Gasteiger partial charge in [-0.05, 0) is 18.3 Å². The third-order valence-electron chi connectivity index (χ3n) is 4.85. The second-order valence-corrected chi connectivity index (χ2v) is 5.79. The van der Waals surface area contributed by atoms with Crippen molar-refractivity contribution in [3.05, 3.63) is 23.3 Å². The van der Waals surface area contributed by atoms with Crippen LogP contribution in [0.4, 0.5) is 0 Å². The molecule has 80 valence electrons. The molecule has 2 aliphatic rings. The zero-order valence-electron chi connectivity index (χ0n) is 10.7. The van der Waals surface area contributed by atoms with Crippen LogP contribution in [0.5, 0.6) is 0 Å². The normalized spacial score (nSPS) is 43.4. The molecule has 0 aromatic carbocycles. The van der Waals surface area contributed by atoms with Gasteiger partial charge in [-0.1, -0.05) is 32.9 Å². The molecule has 0 saturated carbocycles. The van der Waals surface area contributed by atoms with E-state index in [1.165, 1.54) is 17.6 Å². The van der Waals surface area contributed by atoms with Gasteiger partial charge < -0.3 is 4.90 Å². The standard InChI is InChI=1S/C12H21B2N/c1-7-8(2)12(14)5-11(9(3)13)6-15(12)10(7)4/h7-8H,4-6,13-14H2,1-3H3/b11-9+. The van der Waals surface area contributed by atoms with E-state index >= 15 is 0 Å². The van der Waals surface area contributed by atoms with E-state index < -0.39 is 0 Å². The van der Waals surface area contributed by atoms with Gasteiger partial charge in [0.05, 0.1) is 0 Å². The van der Waals surface area contributed by atoms with Crippen LogP contribution in [0, 0.1) is 11.8 Å². The molecule has 2 saturated heterocycles. The highest BCUT2D eigenvalue weighted by Gasteiger charge is 2.51. The number of hydrogen-bond acceptors (Lipinski definition) is 1. The van der Waals surface area contributed by atoms with Gasteiger partial charge in [0.1, 0.15) is 15.7 Å². The molecule has 0 radical (unpaired) electrons. The summed E-state index contributed by atoms with van der Waals surface area (Å²) in [7, 11) is 4.64. The molecule has 3 heteroatoms. The predicted octanol–water partition coefficient (Wildman–Crippen LogP) is 0.728. The van der Waals surface area contributed by atoms with Crippen LogP contribution in [0.3, 0.4) is 0 Å². The first-order valence-corrected chi connectivity index (χ1v) is 5.99. The Morgan fingerprint density at radius 2 is 2.13 bits per heavy atom. The summed E-state index contributed by atoms with van der Waals surface area (Å²) < 4.78 is 0. The molecule has 0 N–H and O–H groups in total. The minimum absolute atomic E-state index is 0.336. The molecule has 3 atom stereocenters. The van der Waals surface area contributed by atoms with Gasteiger partial charge in [0, 0.05) is 17.7 Å². The van der Waals surface area contributed by atoms with Crippen LogP contribution < -0.4 is 0 Å². The lowest BCUT2D eigenvalue weighted by molar-refractivity contribution is 0.272. The van der Waals surface area contributed by atoms with Gasteiger partial charge in [0.25, 0.3) is 0 Å². The molecule has 1 nitrogen and oxygen atoms in total. The SMILES string of the molecule is B/C(C)=C1/CN2C(=C)C(C)C(C)C2(B)C1. The lowest BCUT2D eigenvalue weighted by Crippen LogP contribution is -2.42. The number of fused-ring (bicyclic) bond motifs is 1. The van der Waals surface area contributed by atoms with Crippen molar-refractivity contribution < 1.29 is 0 Å². The van der Waals surface area contributed by atoms with Gasteiger partial charge in [0.15, 0.2) is 0 Å². The Bertz CT molecular complexity index is 344. The summed E-state index contributed by atoms with van der Waals surface area (Å²) in [4.78, 5) is 2.55. The maximum absolute atomic E-state index is 4.27. The molecule has 0 aromatic rings. The number of nitrogens with zero attached hydrogens (tertiary/aromatic N) is 1. The van der Waals surface area contributed by atoms with Crippen LogP contribution in [0.2, 0.25) is 0 Å². The lowest BCUT2D eigenvalue weighted by Gasteiger charge is -2.32. The molecule has 0 bridgehead atoms. The zero-order valence-corrected chi connectivity index (χ0v) is 10.7. The van der Waals surface area contributed by atoms with Crippen LogP contribution in [0.25, 0.3) is 0 Å². The Balaban J connectivity index is 2.38. The van der Waals surface area contributed by atoms with Crippen molar-refractivity contribution in [3.63, 3.8) is 0 Å². The van der Waals surface area contributed by atoms with E-state index in [4.69, 9.17) is 0 Å². The zero-order chi connectivity index (χ0) is 11.4. The Kier molecular flexibility index (Phi) is 2.33. The van der Waals surface area contributed by atoms with Crippen LogP contribution >= 0.6 is 0 Å². The maximum atomic E-state index is 4.27. The molecule has 2 fully saturated rings. The first-order chi connectivity index (χ1) is 6.88. The monoisotopic (exact) mass is 201 g/mol. The third-order valence-corrected chi connectivity index (χ3v) is 4.85. The summed E-state index contributed by atoms with van der Waals surface area (Å²) >= 11 is 0. The van der Waals surface area contributed by atoms with Gasteiger partial charge in [-0.25, -0.2) is 0 Å². The Morgan fingerprint density at radius 1 is 1.53 bits per heavy atom. The second kappa shape index (κ2) is 3.20. The van der Waals surface area contributed by atoms with Crippen molar-refractivity contribution in [3.8, 4) is 0 Å². The quantitative estimate of drug-likeness (QED) is 0.522. The van der Waals surface area contributed by atoms with E-state index in [0.717, 1.165) is 12.5 Å². The van der Waals surface area contributed by atoms with E-state index in [0.29, 0.717) is 11.4 Å². The lowest BCUT2D eigenvalue weighted by atomic mass is 9.65. The number of allylic oxidation sites excluding steroid dienone is 2. The first-order valence-electron chi connectivity index (χ1n) is 5.99. The highest BCUT2D eigenvalue weighted by atomic mass is 15.3. The molecule has 0 aromatic heterocycles. The van der Waals surface area contributed by atoms with Gasteiger partial charge in [-0.15, -0.1) is 5.47 Å². The van der Waals surface area contributed by atoms with Gasteiger partial charge in [-0.3, -0.25) is 0 Å². The van der Waals surface area contributed by atoms with E-state index in [9.17, 15) is 0 Å². The summed E-state index contributed by atoms with van der Waals surface area (Å²) in [6, 6.07) is 0. The Labute approximate surface area is 95.4 Å². The van der Waals surface area contributed by atoms with E-state index in [2.05, 4.69) is 47.9 Å². The minimum atomic E-state index is 0.336. The summed E-state index contributed by atoms with van der Waals surface area (Å²) in [6.45, 7) is 12.3. The first kappa shape index (κ1) is 10.9. The Morgan fingerprint density at radius 3 is 2.60 bits per heavy atom. The smallest absolute Gasteiger partial charge is 0.135 e. The molecule has 3 unspecified atom stereocenters. The van der Waals surface area contributed by atoms with Crippen LogP contribution in [0.15, 0.2) is 23.3 Å². The van der Waals surface area contributed by atoms with Crippen LogP contribution in [-0.2, 0) is 0 Å². The van der Waals surface area contributed by atoms with E-state index in [-0.39, 0.29) is 0 Å². The summed E-state index contributed by atoms with van der Waals surface area (Å²) in [5.74, 6) is 1.37. The van der Waals surface area contributed by atoms with Crippen LogP contribution in [0.1, 0.15) is 27.2 Å². The fraction of sp³-hybridized carbons (Fsp3) is 0.667. The molecule has 15 heavy (non-hydrogen) atoms. The molecule has 2 aliphatic heterocycles. The fourth-order valence-corrected chi connectivity index (χ4v) is 3.20. The molecule has 0 amide bonds. The van der Waals surface area contributed by atoms with E-state index in [1.807, 2.05) is 0 Å². The highest BCUT2D eigenvalue weighted by Crippen LogP contribution is 2.50. The molecule has 2 rings (SSSR count). The van der Waals surface area contributed by atoms with Crippen molar-refractivity contribution in [1.82, 2.24) is 4.90 Å². The van der Waals surface area contributed by atoms with Gasteiger partial charge >= 0.3 is 0 Å². The fourth-order valence-electron chi connectivity index (χ4n) is 3.20. The Hall–Kier alpha value is -0.590. The maximum Gasteiger partial charge on any atom is 0.135 e. The summed E-state index contributed by atoms with van der Waals surface area (Å²) in [6.07, 6.45) is 1.24. The largest absolute Gasteiger partial charge is 0.373 e. The van der Waals surface area contributed by atoms with Gasteiger partial charge in [-0.2, -0.15) is 0 Å². The van der Waals surface area contributed by atoms with Crippen LogP contribution in [-0.4, -0.2) is 32.6 Å². The van der Waals surface area contributed by atoms with Crippen molar-refractivity contribution >= 4 is 15.7 Å². The van der Waals surface area contributed by atoms with Gasteiger partial charge in [0.2, 0.25) is 0 Å². The number of hydrogen-bond donors (Lipinski definition) is 0. The molecular weight excluding hydrogens is 180 g/mol. The average molecular weight is 201 g/mol. The minimum Gasteiger partial charge on any atom is -0.373 e. The van der Waals surface area contributed by atoms with Crippen molar-refractivity contribution in [2.45, 2.75) is 32.6 Å². The summed E-state index contributed by atoms with van der Waals surface area (Å²) in [5, 5.41) is 0. The summed E-state index contributed by atoms with van der Waals surface area (Å²) in [5.41, 5.74) is 4.81. The molecule has 0 aliphatic carbocycles. The van der Waals surface area contributed by atoms with Crippen molar-refractivity contribution in [2.24, 2.45) is 11.8 Å². The molecule has 2 heterocycles. The number of rotatable bonds is 0. The van der Waals surface area contributed by atoms with E-state index in [1.54, 1.807) is 5.57 Å². The average Bonchev–Trinajstić information content (AvgIpc) is 2.60. The molecular formula is C12H21B2N. The predicted molar refractivity (Wildman–Crippen MR) is 71.3 cm³/mol.